The molecule has 284 valence electrons. The van der Waals surface area contributed by atoms with Crippen molar-refractivity contribution in [1.82, 2.24) is 18.3 Å². The van der Waals surface area contributed by atoms with Gasteiger partial charge < -0.3 is 24.0 Å². The lowest BCUT2D eigenvalue weighted by Crippen LogP contribution is -2.17. The Labute approximate surface area is 349 Å². The largest absolute Gasteiger partial charge is 0.395 e. The maximum absolute atomic E-state index is 12.1. The number of nitrogen functional groups attached to an aromatic ring is 1. The molecule has 0 aliphatic rings. The van der Waals surface area contributed by atoms with E-state index < -0.39 is 0 Å². The predicted octanol–water partition coefficient (Wildman–Crippen LogP) is 13.5. The molecule has 0 aliphatic carbocycles. The zero-order valence-electron chi connectivity index (χ0n) is 32.8. The number of hydrogen-bond acceptors (Lipinski definition) is 2. The van der Waals surface area contributed by atoms with Crippen LogP contribution in [0.15, 0.2) is 194 Å². The molecule has 0 saturated carbocycles. The summed E-state index contributed by atoms with van der Waals surface area (Å²) < 4.78 is 9.24. The van der Waals surface area contributed by atoms with Crippen LogP contribution in [0.25, 0.3) is 110 Å². The quantitative estimate of drug-likeness (QED) is 0.181. The molecular weight excluding hydrogens is 745 g/mol. The van der Waals surface area contributed by atoms with Crippen molar-refractivity contribution >= 4 is 92.9 Å². The van der Waals surface area contributed by atoms with Gasteiger partial charge in [0, 0.05) is 43.1 Å². The summed E-state index contributed by atoms with van der Waals surface area (Å²) in [5.74, 6) is 0. The van der Waals surface area contributed by atoms with Crippen LogP contribution in [0.2, 0.25) is 0 Å². The molecule has 61 heavy (non-hydrogen) atoms. The van der Waals surface area contributed by atoms with Gasteiger partial charge in [-0.1, -0.05) is 146 Å². The monoisotopic (exact) mass is 778 g/mol. The van der Waals surface area contributed by atoms with E-state index in [9.17, 15) is 5.26 Å². The molecular formula is C55H34N6. The zero-order chi connectivity index (χ0) is 40.3. The van der Waals surface area contributed by atoms with Crippen LogP contribution >= 0.6 is 0 Å². The Bertz CT molecular complexity index is 3820. The molecule has 13 aromatic rings. The molecule has 6 heteroatoms. The van der Waals surface area contributed by atoms with Crippen molar-refractivity contribution < 1.29 is 0 Å². The summed E-state index contributed by atoms with van der Waals surface area (Å²) in [6, 6.07) is 71.0. The molecule has 13 rings (SSSR count). The van der Waals surface area contributed by atoms with Gasteiger partial charge in [0.15, 0.2) is 0 Å². The number of aromatic nitrogens is 4. The number of anilines is 1. The van der Waals surface area contributed by atoms with Gasteiger partial charge in [0.05, 0.1) is 72.6 Å². The second-order valence-corrected chi connectivity index (χ2v) is 15.8. The molecule has 4 aromatic heterocycles. The van der Waals surface area contributed by atoms with Gasteiger partial charge in [-0.2, -0.15) is 5.26 Å². The summed E-state index contributed by atoms with van der Waals surface area (Å²) in [6.45, 7) is 0. The first-order valence-electron chi connectivity index (χ1n) is 20.6. The van der Waals surface area contributed by atoms with Gasteiger partial charge in [0.2, 0.25) is 0 Å². The molecule has 0 aliphatic heterocycles. The minimum atomic E-state index is 0.469. The molecule has 0 spiro atoms. The first kappa shape index (κ1) is 33.4. The van der Waals surface area contributed by atoms with Crippen LogP contribution in [0, 0.1) is 11.3 Å². The highest BCUT2D eigenvalue weighted by Gasteiger charge is 2.33. The Kier molecular flexibility index (Phi) is 6.85. The minimum absolute atomic E-state index is 0.469. The lowest BCUT2D eigenvalue weighted by atomic mass is 10.0. The van der Waals surface area contributed by atoms with E-state index in [1.807, 2.05) is 0 Å². The van der Waals surface area contributed by atoms with Gasteiger partial charge in [-0.15, -0.1) is 0 Å². The third-order valence-corrected chi connectivity index (χ3v) is 12.8. The van der Waals surface area contributed by atoms with E-state index >= 15 is 0 Å². The van der Waals surface area contributed by atoms with Gasteiger partial charge in [-0.05, 0) is 48.5 Å². The Morgan fingerprint density at radius 2 is 0.492 bits per heavy atom. The predicted molar refractivity (Wildman–Crippen MR) is 253 cm³/mol. The number of para-hydroxylation sites is 8. The molecule has 6 nitrogen and oxygen atoms in total. The number of nitrogens with two attached hydrogens (primary N) is 1. The summed E-state index contributed by atoms with van der Waals surface area (Å²) in [5.41, 5.74) is 20.0. The van der Waals surface area contributed by atoms with E-state index in [2.05, 4.69) is 218 Å². The van der Waals surface area contributed by atoms with Crippen molar-refractivity contribution in [3.63, 3.8) is 0 Å². The zero-order valence-corrected chi connectivity index (χ0v) is 32.8. The van der Waals surface area contributed by atoms with E-state index in [-0.39, 0.29) is 0 Å². The number of hydrogen-bond donors (Lipinski definition) is 1. The SMILES string of the molecule is N#Cc1c(-n2c3ccccc3c3ccccc32)c(N)c(-n2c3ccccc3c3ccccc32)c(-n2c3ccccc3c3ccccc32)c1-n1c2ccccc2c2ccccc21. The fraction of sp³-hybridized carbons (Fsp3) is 0. The first-order valence-corrected chi connectivity index (χ1v) is 20.6. The maximum Gasteiger partial charge on any atom is 0.105 e. The Morgan fingerprint density at radius 3 is 0.754 bits per heavy atom. The van der Waals surface area contributed by atoms with Crippen molar-refractivity contribution in [2.45, 2.75) is 0 Å². The van der Waals surface area contributed by atoms with Gasteiger partial charge in [-0.3, -0.25) is 0 Å². The van der Waals surface area contributed by atoms with Crippen LogP contribution in [-0.2, 0) is 0 Å². The standard InChI is InChI=1S/C55H34N6/c56-33-42-52(58-43-25-9-1-17-34(43)35-18-2-10-26-44(35)58)51(57)54(60-47-29-13-5-21-38(47)39-22-6-14-30-48(39)60)55(61-49-31-15-7-23-40(49)41-24-8-16-32-50(41)61)53(42)59-45-27-11-3-19-36(45)37-20-4-12-28-46(37)59/h1-32H,57H2. The van der Waals surface area contributed by atoms with Crippen LogP contribution in [-0.4, -0.2) is 18.3 Å². The molecule has 0 amide bonds. The number of benzene rings is 9. The van der Waals surface area contributed by atoms with E-state index in [4.69, 9.17) is 5.73 Å². The van der Waals surface area contributed by atoms with Crippen LogP contribution in [0.3, 0.4) is 0 Å². The van der Waals surface area contributed by atoms with Crippen molar-refractivity contribution in [3.05, 3.63) is 200 Å². The van der Waals surface area contributed by atoms with Gasteiger partial charge in [-0.25, -0.2) is 0 Å². The van der Waals surface area contributed by atoms with Crippen molar-refractivity contribution in [3.8, 4) is 28.8 Å². The fourth-order valence-electron chi connectivity index (χ4n) is 10.4. The minimum Gasteiger partial charge on any atom is -0.395 e. The highest BCUT2D eigenvalue weighted by Crippen LogP contribution is 2.49. The van der Waals surface area contributed by atoms with Crippen LogP contribution in [0.5, 0.6) is 0 Å². The summed E-state index contributed by atoms with van der Waals surface area (Å²) in [7, 11) is 0. The second-order valence-electron chi connectivity index (χ2n) is 15.8. The smallest absolute Gasteiger partial charge is 0.105 e. The van der Waals surface area contributed by atoms with Crippen LogP contribution < -0.4 is 5.73 Å². The van der Waals surface area contributed by atoms with E-state index in [0.29, 0.717) is 16.9 Å². The average Bonchev–Trinajstić information content (AvgIpc) is 4.04. The van der Waals surface area contributed by atoms with E-state index in [1.165, 1.54) is 0 Å². The molecule has 0 saturated heterocycles. The molecule has 2 N–H and O–H groups in total. The fourth-order valence-corrected chi connectivity index (χ4v) is 10.4. The molecule has 0 radical (unpaired) electrons. The summed E-state index contributed by atoms with van der Waals surface area (Å²) >= 11 is 0. The van der Waals surface area contributed by atoms with Gasteiger partial charge >= 0.3 is 0 Å². The first-order chi connectivity index (χ1) is 30.2. The molecule has 0 atom stereocenters. The van der Waals surface area contributed by atoms with E-state index in [1.54, 1.807) is 0 Å². The van der Waals surface area contributed by atoms with Crippen molar-refractivity contribution in [2.75, 3.05) is 5.73 Å². The highest BCUT2D eigenvalue weighted by atomic mass is 15.1. The van der Waals surface area contributed by atoms with E-state index in [0.717, 1.165) is 104 Å². The Morgan fingerprint density at radius 1 is 0.279 bits per heavy atom. The summed E-state index contributed by atoms with van der Waals surface area (Å²) in [5, 5.41) is 20.9. The molecule has 4 heterocycles. The number of nitriles is 1. The maximum atomic E-state index is 12.1. The van der Waals surface area contributed by atoms with Crippen LogP contribution in [0.4, 0.5) is 5.69 Å². The lowest BCUT2D eigenvalue weighted by molar-refractivity contribution is 1.03. The number of nitrogens with zero attached hydrogens (tertiary/aromatic N) is 5. The number of fused-ring (bicyclic) bond motifs is 12. The normalized spacial score (nSPS) is 12.0. The molecule has 9 aromatic carbocycles. The molecule has 0 unspecified atom stereocenters. The average molecular weight is 779 g/mol. The number of rotatable bonds is 4. The summed E-state index contributed by atoms with van der Waals surface area (Å²) in [6.07, 6.45) is 0. The van der Waals surface area contributed by atoms with Crippen LogP contribution in [0.1, 0.15) is 5.56 Å². The molecule has 0 fully saturated rings. The van der Waals surface area contributed by atoms with Gasteiger partial charge in [0.1, 0.15) is 11.6 Å². The third-order valence-electron chi connectivity index (χ3n) is 12.8. The van der Waals surface area contributed by atoms with Crippen molar-refractivity contribution in [1.29, 1.82) is 5.26 Å². The Balaban J connectivity index is 1.38. The lowest BCUT2D eigenvalue weighted by Gasteiger charge is -2.27. The topological polar surface area (TPSA) is 69.5 Å². The third kappa shape index (κ3) is 4.39. The summed E-state index contributed by atoms with van der Waals surface area (Å²) in [4.78, 5) is 0. The highest BCUT2D eigenvalue weighted by molar-refractivity contribution is 6.16. The second kappa shape index (κ2) is 12.5. The van der Waals surface area contributed by atoms with Crippen molar-refractivity contribution in [2.24, 2.45) is 0 Å². The Hall–Kier alpha value is -8.53. The molecule has 0 bridgehead atoms. The van der Waals surface area contributed by atoms with Gasteiger partial charge in [0.25, 0.3) is 0 Å².